The van der Waals surface area contributed by atoms with Crippen LogP contribution in [-0.4, -0.2) is 16.6 Å². The van der Waals surface area contributed by atoms with Crippen molar-refractivity contribution in [2.75, 3.05) is 0 Å². The van der Waals surface area contributed by atoms with Gasteiger partial charge in [0.05, 0.1) is 11.0 Å². The van der Waals surface area contributed by atoms with E-state index in [2.05, 4.69) is 6.07 Å². The van der Waals surface area contributed by atoms with E-state index in [1.807, 2.05) is 30.3 Å². The van der Waals surface area contributed by atoms with Crippen LogP contribution in [-0.2, 0) is 9.53 Å². The first-order valence-corrected chi connectivity index (χ1v) is 9.21. The Labute approximate surface area is 166 Å². The summed E-state index contributed by atoms with van der Waals surface area (Å²) < 4.78 is 5.64. The molecule has 1 aliphatic heterocycles. The number of carbonyl (C=O) groups is 1. The number of nitro groups is 1. The van der Waals surface area contributed by atoms with Crippen LogP contribution < -0.4 is 0 Å². The van der Waals surface area contributed by atoms with E-state index in [1.165, 1.54) is 12.1 Å². The average molecular weight is 387 g/mol. The Bertz CT molecular complexity index is 1070. The minimum atomic E-state index is -0.951. The van der Waals surface area contributed by atoms with Crippen LogP contribution in [0.5, 0.6) is 0 Å². The summed E-state index contributed by atoms with van der Waals surface area (Å²) >= 11 is 0. The first kappa shape index (κ1) is 18.6. The summed E-state index contributed by atoms with van der Waals surface area (Å²) in [4.78, 5) is 23.6. The third kappa shape index (κ3) is 3.29. The smallest absolute Gasteiger partial charge is 0.269 e. The molecule has 0 saturated carbocycles. The van der Waals surface area contributed by atoms with Crippen LogP contribution >= 0.6 is 0 Å². The van der Waals surface area contributed by atoms with Gasteiger partial charge in [0.1, 0.15) is 11.7 Å². The predicted molar refractivity (Wildman–Crippen MR) is 104 cm³/mol. The highest BCUT2D eigenvalue weighted by molar-refractivity contribution is 6.02. The molecular formula is C22H17N3O4. The van der Waals surface area contributed by atoms with Crippen molar-refractivity contribution in [3.63, 3.8) is 0 Å². The van der Waals surface area contributed by atoms with Gasteiger partial charge in [0.25, 0.3) is 5.69 Å². The number of hydrogen-bond donors (Lipinski definition) is 1. The van der Waals surface area contributed by atoms with Gasteiger partial charge >= 0.3 is 0 Å². The van der Waals surface area contributed by atoms with Crippen molar-refractivity contribution in [3.8, 4) is 6.07 Å². The molecule has 4 rings (SSSR count). The number of Topliss-reactive ketones (excluding diaryl/α,β-unsaturated/α-hetero) is 1. The number of ether oxygens (including phenoxy) is 1. The van der Waals surface area contributed by atoms with Crippen molar-refractivity contribution in [1.29, 1.82) is 10.7 Å². The van der Waals surface area contributed by atoms with Crippen LogP contribution in [0, 0.1) is 32.8 Å². The summed E-state index contributed by atoms with van der Waals surface area (Å²) in [6.45, 7) is 0. The number of rotatable bonds is 3. The van der Waals surface area contributed by atoms with Crippen LogP contribution in [0.1, 0.15) is 35.8 Å². The molecule has 0 fully saturated rings. The molecule has 0 aromatic heterocycles. The zero-order valence-electron chi connectivity index (χ0n) is 15.4. The van der Waals surface area contributed by atoms with Crippen LogP contribution in [0.25, 0.3) is 0 Å². The van der Waals surface area contributed by atoms with Crippen molar-refractivity contribution < 1.29 is 14.5 Å². The van der Waals surface area contributed by atoms with Gasteiger partial charge in [-0.25, -0.2) is 0 Å². The van der Waals surface area contributed by atoms with Crippen LogP contribution in [0.4, 0.5) is 5.69 Å². The third-order valence-corrected chi connectivity index (χ3v) is 5.50. The van der Waals surface area contributed by atoms with Crippen molar-refractivity contribution in [2.24, 2.45) is 5.92 Å². The van der Waals surface area contributed by atoms with E-state index in [0.717, 1.165) is 5.56 Å². The van der Waals surface area contributed by atoms with E-state index in [1.54, 1.807) is 12.1 Å². The number of carbonyl (C=O) groups excluding carboxylic acids is 1. The summed E-state index contributed by atoms with van der Waals surface area (Å²) in [6, 6.07) is 17.5. The summed E-state index contributed by atoms with van der Waals surface area (Å²) in [6.07, 6.45) is 0.760. The number of non-ortho nitro benzene ring substituents is 1. The highest BCUT2D eigenvalue weighted by Crippen LogP contribution is 2.46. The van der Waals surface area contributed by atoms with Crippen molar-refractivity contribution in [2.45, 2.75) is 24.7 Å². The molecule has 0 bridgehead atoms. The van der Waals surface area contributed by atoms with Gasteiger partial charge in [-0.05, 0) is 17.0 Å². The second-order valence-electron chi connectivity index (χ2n) is 7.18. The second kappa shape index (κ2) is 7.32. The molecule has 7 heteroatoms. The fourth-order valence-electron chi connectivity index (χ4n) is 4.11. The minimum Gasteiger partial charge on any atom is -0.446 e. The topological polar surface area (TPSA) is 117 Å². The Morgan fingerprint density at radius 1 is 1.07 bits per heavy atom. The molecule has 0 radical (unpaired) electrons. The van der Waals surface area contributed by atoms with E-state index < -0.39 is 16.8 Å². The Kier molecular flexibility index (Phi) is 4.69. The first-order chi connectivity index (χ1) is 14.0. The maximum Gasteiger partial charge on any atom is 0.269 e. The molecule has 1 N–H and O–H groups in total. The van der Waals surface area contributed by atoms with Gasteiger partial charge in [0.15, 0.2) is 5.78 Å². The zero-order valence-corrected chi connectivity index (χ0v) is 15.4. The maximum absolute atomic E-state index is 13.1. The molecule has 2 aliphatic rings. The molecule has 2 aromatic carbocycles. The molecule has 3 atom stereocenters. The largest absolute Gasteiger partial charge is 0.446 e. The Hall–Kier alpha value is -3.79. The maximum atomic E-state index is 13.1. The standard InChI is InChI=1S/C22H17N3O4/c23-12-17-20(14-6-8-16(9-7-14)25(27)28)21-18(26)10-15(11-19(21)29-22(17)24)13-4-2-1-3-5-13/h1-9,15,17,20,24H,10-11H2. The van der Waals surface area contributed by atoms with Gasteiger partial charge < -0.3 is 4.74 Å². The molecule has 0 spiro atoms. The summed E-state index contributed by atoms with van der Waals surface area (Å²) in [5.74, 6) is -1.55. The predicted octanol–water partition coefficient (Wildman–Crippen LogP) is 4.23. The molecular weight excluding hydrogens is 370 g/mol. The molecule has 3 unspecified atom stereocenters. The van der Waals surface area contributed by atoms with Gasteiger partial charge in [0.2, 0.25) is 5.90 Å². The highest BCUT2D eigenvalue weighted by atomic mass is 16.6. The average Bonchev–Trinajstić information content (AvgIpc) is 2.73. The lowest BCUT2D eigenvalue weighted by Gasteiger charge is -2.36. The quantitative estimate of drug-likeness (QED) is 0.625. The second-order valence-corrected chi connectivity index (χ2v) is 7.18. The van der Waals surface area contributed by atoms with Gasteiger partial charge in [0, 0.05) is 36.5 Å². The summed E-state index contributed by atoms with van der Waals surface area (Å²) in [7, 11) is 0. The van der Waals surface area contributed by atoms with E-state index in [4.69, 9.17) is 10.1 Å². The van der Waals surface area contributed by atoms with E-state index in [9.17, 15) is 20.2 Å². The van der Waals surface area contributed by atoms with Crippen LogP contribution in [0.15, 0.2) is 65.9 Å². The molecule has 1 heterocycles. The number of nitriles is 1. The molecule has 29 heavy (non-hydrogen) atoms. The van der Waals surface area contributed by atoms with Crippen LogP contribution in [0.2, 0.25) is 0 Å². The normalized spacial score (nSPS) is 23.8. The third-order valence-electron chi connectivity index (χ3n) is 5.50. The van der Waals surface area contributed by atoms with Gasteiger partial charge in [-0.2, -0.15) is 5.26 Å². The van der Waals surface area contributed by atoms with Crippen molar-refractivity contribution in [1.82, 2.24) is 0 Å². The molecule has 0 saturated heterocycles. The first-order valence-electron chi connectivity index (χ1n) is 9.21. The Morgan fingerprint density at radius 3 is 2.38 bits per heavy atom. The number of nitrogens with zero attached hydrogens (tertiary/aromatic N) is 2. The van der Waals surface area contributed by atoms with Gasteiger partial charge in [-0.1, -0.05) is 42.5 Å². The van der Waals surface area contributed by atoms with Gasteiger partial charge in [-0.15, -0.1) is 0 Å². The Morgan fingerprint density at radius 2 is 1.76 bits per heavy atom. The fourth-order valence-corrected chi connectivity index (χ4v) is 4.11. The molecule has 0 amide bonds. The van der Waals surface area contributed by atoms with E-state index in [0.29, 0.717) is 29.7 Å². The van der Waals surface area contributed by atoms with Crippen LogP contribution in [0.3, 0.4) is 0 Å². The lowest BCUT2D eigenvalue weighted by atomic mass is 9.71. The minimum absolute atomic E-state index is 0.0496. The van der Waals surface area contributed by atoms with E-state index >= 15 is 0 Å². The van der Waals surface area contributed by atoms with Gasteiger partial charge in [-0.3, -0.25) is 20.3 Å². The number of nitrogens with one attached hydrogen (secondary N) is 1. The number of nitro benzene ring substituents is 1. The molecule has 1 aliphatic carbocycles. The zero-order chi connectivity index (χ0) is 20.5. The number of allylic oxidation sites excluding steroid dienone is 2. The Balaban J connectivity index is 1.77. The fraction of sp³-hybridized carbons (Fsp3) is 0.227. The highest BCUT2D eigenvalue weighted by Gasteiger charge is 2.44. The summed E-state index contributed by atoms with van der Waals surface area (Å²) in [5, 5.41) is 28.8. The monoisotopic (exact) mass is 387 g/mol. The van der Waals surface area contributed by atoms with E-state index in [-0.39, 0.29) is 23.3 Å². The van der Waals surface area contributed by atoms with Crippen molar-refractivity contribution in [3.05, 3.63) is 87.2 Å². The molecule has 2 aromatic rings. The lowest BCUT2D eigenvalue weighted by Crippen LogP contribution is -2.36. The summed E-state index contributed by atoms with van der Waals surface area (Å²) in [5.41, 5.74) is 1.96. The number of ketones is 1. The molecule has 7 nitrogen and oxygen atoms in total. The molecule has 144 valence electrons. The number of benzene rings is 2. The number of hydrogen-bond acceptors (Lipinski definition) is 6. The lowest BCUT2D eigenvalue weighted by molar-refractivity contribution is -0.384. The van der Waals surface area contributed by atoms with Crippen molar-refractivity contribution >= 4 is 17.4 Å². The SMILES string of the molecule is N#CC1C(=N)OC2=C(C(=O)CC(c3ccccc3)C2)C1c1ccc([N+](=O)[O-])cc1.